The van der Waals surface area contributed by atoms with E-state index >= 15 is 0 Å². The van der Waals surface area contributed by atoms with Crippen LogP contribution in [0.4, 0.5) is 11.4 Å². The van der Waals surface area contributed by atoms with Crippen molar-refractivity contribution in [3.05, 3.63) is 124 Å². The largest absolute Gasteiger partial charge is 0.321 e. The quantitative estimate of drug-likeness (QED) is 0.289. The summed E-state index contributed by atoms with van der Waals surface area (Å²) in [5.41, 5.74) is 4.79. The van der Waals surface area contributed by atoms with Gasteiger partial charge in [-0.2, -0.15) is 0 Å². The van der Waals surface area contributed by atoms with E-state index in [4.69, 9.17) is 11.6 Å². The zero-order valence-corrected chi connectivity index (χ0v) is 21.9. The van der Waals surface area contributed by atoms with E-state index in [0.29, 0.717) is 10.7 Å². The zero-order valence-electron chi connectivity index (χ0n) is 20.3. The number of hydrogen-bond donors (Lipinski definition) is 1. The summed E-state index contributed by atoms with van der Waals surface area (Å²) in [6, 6.07) is 26.2. The first-order valence-corrected chi connectivity index (χ1v) is 13.3. The van der Waals surface area contributed by atoms with Crippen LogP contribution in [0.5, 0.6) is 0 Å². The van der Waals surface area contributed by atoms with Crippen LogP contribution in [0.2, 0.25) is 5.02 Å². The highest BCUT2D eigenvalue weighted by molar-refractivity contribution is 7.92. The SMILES string of the molecule is Cc1ccc(S(=O)(=O)N(Cc2ccc(Cl)cc2)c2ccccc2C(=O)Nc2c(C)cccc2C)cc1. The first-order chi connectivity index (χ1) is 17.2. The fourth-order valence-electron chi connectivity index (χ4n) is 3.97. The van der Waals surface area contributed by atoms with Crippen LogP contribution in [0, 0.1) is 20.8 Å². The second-order valence-electron chi connectivity index (χ2n) is 8.69. The minimum Gasteiger partial charge on any atom is -0.321 e. The molecule has 0 aromatic heterocycles. The lowest BCUT2D eigenvalue weighted by atomic mass is 10.1. The van der Waals surface area contributed by atoms with E-state index in [1.807, 2.05) is 39.0 Å². The number of hydrogen-bond acceptors (Lipinski definition) is 3. The molecular formula is C29H27ClN2O3S. The molecule has 4 aromatic carbocycles. The average molecular weight is 519 g/mol. The highest BCUT2D eigenvalue weighted by Gasteiger charge is 2.29. The molecule has 0 radical (unpaired) electrons. The van der Waals surface area contributed by atoms with Crippen molar-refractivity contribution < 1.29 is 13.2 Å². The lowest BCUT2D eigenvalue weighted by Crippen LogP contribution is -2.32. The third-order valence-corrected chi connectivity index (χ3v) is 8.01. The molecule has 0 fully saturated rings. The lowest BCUT2D eigenvalue weighted by molar-refractivity contribution is 0.102. The summed E-state index contributed by atoms with van der Waals surface area (Å²) in [6.07, 6.45) is 0. The molecule has 5 nitrogen and oxygen atoms in total. The number of benzene rings is 4. The number of aryl methyl sites for hydroxylation is 3. The third kappa shape index (κ3) is 5.45. The van der Waals surface area contributed by atoms with Crippen LogP contribution in [-0.2, 0) is 16.6 Å². The highest BCUT2D eigenvalue weighted by atomic mass is 35.5. The Hall–Kier alpha value is -3.61. The number of sulfonamides is 1. The molecule has 36 heavy (non-hydrogen) atoms. The molecule has 0 heterocycles. The normalized spacial score (nSPS) is 11.2. The Bertz CT molecular complexity index is 1480. The van der Waals surface area contributed by atoms with Gasteiger partial charge in [-0.3, -0.25) is 9.10 Å². The van der Waals surface area contributed by atoms with Gasteiger partial charge in [0.2, 0.25) is 0 Å². The van der Waals surface area contributed by atoms with Crippen LogP contribution in [0.1, 0.15) is 32.6 Å². The van der Waals surface area contributed by atoms with Gasteiger partial charge in [0.05, 0.1) is 22.7 Å². The van der Waals surface area contributed by atoms with Crippen molar-refractivity contribution in [3.63, 3.8) is 0 Å². The molecule has 0 aliphatic rings. The Morgan fingerprint density at radius 3 is 2.06 bits per heavy atom. The number of nitrogens with one attached hydrogen (secondary N) is 1. The van der Waals surface area contributed by atoms with E-state index in [-0.39, 0.29) is 28.6 Å². The first kappa shape index (κ1) is 25.5. The summed E-state index contributed by atoms with van der Waals surface area (Å²) in [5.74, 6) is -0.386. The van der Waals surface area contributed by atoms with Crippen molar-refractivity contribution in [2.24, 2.45) is 0 Å². The van der Waals surface area contributed by atoms with Crippen molar-refractivity contribution in [1.29, 1.82) is 0 Å². The Morgan fingerprint density at radius 2 is 1.42 bits per heavy atom. The zero-order chi connectivity index (χ0) is 25.9. The van der Waals surface area contributed by atoms with E-state index in [1.165, 1.54) is 4.31 Å². The highest BCUT2D eigenvalue weighted by Crippen LogP contribution is 2.31. The Morgan fingerprint density at radius 1 is 0.806 bits per heavy atom. The number of carbonyl (C=O) groups excluding carboxylic acids is 1. The van der Waals surface area contributed by atoms with Gasteiger partial charge in [0.25, 0.3) is 15.9 Å². The predicted octanol–water partition coefficient (Wildman–Crippen LogP) is 6.91. The van der Waals surface area contributed by atoms with Crippen LogP contribution in [-0.4, -0.2) is 14.3 Å². The molecule has 0 spiro atoms. The second kappa shape index (κ2) is 10.6. The van der Waals surface area contributed by atoms with Crippen molar-refractivity contribution >= 4 is 38.9 Å². The van der Waals surface area contributed by atoms with Gasteiger partial charge < -0.3 is 5.32 Å². The maximum atomic E-state index is 13.9. The number of para-hydroxylation sites is 2. The molecule has 4 rings (SSSR count). The first-order valence-electron chi connectivity index (χ1n) is 11.5. The summed E-state index contributed by atoms with van der Waals surface area (Å²) in [6.45, 7) is 5.77. The fraction of sp³-hybridized carbons (Fsp3) is 0.138. The molecule has 4 aromatic rings. The number of anilines is 2. The maximum Gasteiger partial charge on any atom is 0.264 e. The standard InChI is InChI=1S/C29H27ClN2O3S/c1-20-11-17-25(18-12-20)36(34,35)32(19-23-13-15-24(30)16-14-23)27-10-5-4-9-26(27)29(33)31-28-21(2)7-6-8-22(28)3/h4-18H,19H2,1-3H3,(H,31,33). The number of amides is 1. The number of halogens is 1. The predicted molar refractivity (Wildman–Crippen MR) is 146 cm³/mol. The molecule has 0 atom stereocenters. The Balaban J connectivity index is 1.81. The van der Waals surface area contributed by atoms with Crippen molar-refractivity contribution in [2.75, 3.05) is 9.62 Å². The average Bonchev–Trinajstić information content (AvgIpc) is 2.86. The van der Waals surface area contributed by atoms with Crippen LogP contribution in [0.3, 0.4) is 0 Å². The second-order valence-corrected chi connectivity index (χ2v) is 11.0. The fourth-order valence-corrected chi connectivity index (χ4v) is 5.57. The van der Waals surface area contributed by atoms with Crippen LogP contribution in [0.25, 0.3) is 0 Å². The van der Waals surface area contributed by atoms with E-state index in [9.17, 15) is 13.2 Å². The van der Waals surface area contributed by atoms with E-state index in [1.54, 1.807) is 72.8 Å². The smallest absolute Gasteiger partial charge is 0.264 e. The molecule has 0 aliphatic heterocycles. The van der Waals surface area contributed by atoms with E-state index < -0.39 is 10.0 Å². The van der Waals surface area contributed by atoms with Crippen molar-refractivity contribution in [1.82, 2.24) is 0 Å². The summed E-state index contributed by atoms with van der Waals surface area (Å²) in [7, 11) is -4.00. The minimum atomic E-state index is -4.00. The summed E-state index contributed by atoms with van der Waals surface area (Å²) in [5, 5.41) is 3.54. The molecular weight excluding hydrogens is 492 g/mol. The van der Waals surface area contributed by atoms with Crippen LogP contribution in [0.15, 0.2) is 95.9 Å². The van der Waals surface area contributed by atoms with E-state index in [0.717, 1.165) is 22.3 Å². The maximum absolute atomic E-state index is 13.9. The molecule has 184 valence electrons. The summed E-state index contributed by atoms with van der Waals surface area (Å²) in [4.78, 5) is 13.6. The monoisotopic (exact) mass is 518 g/mol. The number of rotatable bonds is 7. The molecule has 1 N–H and O–H groups in total. The van der Waals surface area contributed by atoms with Gasteiger partial charge in [0, 0.05) is 10.7 Å². The molecule has 0 aliphatic carbocycles. The van der Waals surface area contributed by atoms with Gasteiger partial charge in [-0.25, -0.2) is 8.42 Å². The van der Waals surface area contributed by atoms with E-state index in [2.05, 4.69) is 5.32 Å². The summed E-state index contributed by atoms with van der Waals surface area (Å²) >= 11 is 6.05. The van der Waals surface area contributed by atoms with Gasteiger partial charge in [0.15, 0.2) is 0 Å². The molecule has 1 amide bonds. The number of carbonyl (C=O) groups is 1. The van der Waals surface area contributed by atoms with Gasteiger partial charge in [0.1, 0.15) is 0 Å². The Kier molecular flexibility index (Phi) is 7.48. The lowest BCUT2D eigenvalue weighted by Gasteiger charge is -2.27. The molecule has 0 unspecified atom stereocenters. The van der Waals surface area contributed by atoms with Gasteiger partial charge in [-0.15, -0.1) is 0 Å². The van der Waals surface area contributed by atoms with Crippen LogP contribution >= 0.6 is 11.6 Å². The minimum absolute atomic E-state index is 0.0288. The number of nitrogens with zero attached hydrogens (tertiary/aromatic N) is 1. The van der Waals surface area contributed by atoms with Gasteiger partial charge >= 0.3 is 0 Å². The Labute approximate surface area is 217 Å². The molecule has 7 heteroatoms. The topological polar surface area (TPSA) is 66.5 Å². The summed E-state index contributed by atoms with van der Waals surface area (Å²) < 4.78 is 29.1. The van der Waals surface area contributed by atoms with Gasteiger partial charge in [-0.05, 0) is 73.9 Å². The van der Waals surface area contributed by atoms with Crippen molar-refractivity contribution in [3.8, 4) is 0 Å². The molecule has 0 bridgehead atoms. The van der Waals surface area contributed by atoms with Gasteiger partial charge in [-0.1, -0.05) is 71.8 Å². The molecule has 0 saturated carbocycles. The molecule has 0 saturated heterocycles. The van der Waals surface area contributed by atoms with Crippen molar-refractivity contribution in [2.45, 2.75) is 32.2 Å². The van der Waals surface area contributed by atoms with Crippen LogP contribution < -0.4 is 9.62 Å². The third-order valence-electron chi connectivity index (χ3n) is 5.99.